The molecule has 1 atom stereocenters. The molecule has 1 unspecified atom stereocenters. The lowest BCUT2D eigenvalue weighted by Gasteiger charge is -2.24. The molecular formula is C26H21ClFNO6S. The standard InChI is InChI=1S/C26H21ClFNO6S/c27-21-13-18(28)9-7-17(21)14-29-22-12-16(26(31)35-15-19-4-3-11-34-19)8-10-24(22)36(32,33)23-6-2-1-5-20(23)25(29)30/h1-2,5-10,12-13,19H,3-4,11,14-15H2. The molecule has 10 heteroatoms. The van der Waals surface area contributed by atoms with Gasteiger partial charge in [-0.15, -0.1) is 0 Å². The summed E-state index contributed by atoms with van der Waals surface area (Å²) in [4.78, 5) is 27.4. The van der Waals surface area contributed by atoms with Gasteiger partial charge in [-0.2, -0.15) is 0 Å². The van der Waals surface area contributed by atoms with Crippen LogP contribution in [0.25, 0.3) is 0 Å². The molecule has 0 aromatic heterocycles. The lowest BCUT2D eigenvalue weighted by Crippen LogP contribution is -2.30. The third kappa shape index (κ3) is 4.50. The lowest BCUT2D eigenvalue weighted by atomic mass is 10.1. The van der Waals surface area contributed by atoms with Gasteiger partial charge in [-0.3, -0.25) is 4.79 Å². The van der Waals surface area contributed by atoms with Crippen molar-refractivity contribution in [2.24, 2.45) is 0 Å². The van der Waals surface area contributed by atoms with Gasteiger partial charge in [-0.25, -0.2) is 17.6 Å². The number of hydrogen-bond donors (Lipinski definition) is 0. The van der Waals surface area contributed by atoms with Crippen molar-refractivity contribution in [1.82, 2.24) is 0 Å². The van der Waals surface area contributed by atoms with Crippen LogP contribution in [0.1, 0.15) is 39.1 Å². The summed E-state index contributed by atoms with van der Waals surface area (Å²) in [6.07, 6.45) is 1.50. The average Bonchev–Trinajstić information content (AvgIpc) is 3.38. The Morgan fingerprint density at radius 2 is 1.92 bits per heavy atom. The maximum atomic E-state index is 13.7. The molecule has 5 rings (SSSR count). The zero-order valence-corrected chi connectivity index (χ0v) is 20.5. The summed E-state index contributed by atoms with van der Waals surface area (Å²) in [5, 5.41) is 0.0804. The molecule has 0 radical (unpaired) electrons. The zero-order valence-electron chi connectivity index (χ0n) is 18.9. The summed E-state index contributed by atoms with van der Waals surface area (Å²) in [6.45, 7) is 0.541. The number of sulfone groups is 1. The van der Waals surface area contributed by atoms with E-state index in [1.165, 1.54) is 53.4 Å². The minimum atomic E-state index is -4.11. The minimum Gasteiger partial charge on any atom is -0.459 e. The van der Waals surface area contributed by atoms with Crippen molar-refractivity contribution < 1.29 is 31.9 Å². The second-order valence-electron chi connectivity index (χ2n) is 8.54. The highest BCUT2D eigenvalue weighted by molar-refractivity contribution is 7.91. The number of esters is 1. The van der Waals surface area contributed by atoms with Crippen molar-refractivity contribution in [2.75, 3.05) is 18.1 Å². The Morgan fingerprint density at radius 3 is 2.67 bits per heavy atom. The van der Waals surface area contributed by atoms with Crippen molar-refractivity contribution in [2.45, 2.75) is 35.3 Å². The first kappa shape index (κ1) is 24.4. The Labute approximate surface area is 212 Å². The minimum absolute atomic E-state index is 0.00292. The van der Waals surface area contributed by atoms with Gasteiger partial charge in [0.2, 0.25) is 9.84 Å². The average molecular weight is 530 g/mol. The van der Waals surface area contributed by atoms with Gasteiger partial charge >= 0.3 is 5.97 Å². The summed E-state index contributed by atoms with van der Waals surface area (Å²) in [7, 11) is -4.11. The van der Waals surface area contributed by atoms with Gasteiger partial charge in [0.1, 0.15) is 12.4 Å². The van der Waals surface area contributed by atoms with Crippen LogP contribution in [0.2, 0.25) is 5.02 Å². The van der Waals surface area contributed by atoms with Crippen LogP contribution >= 0.6 is 11.6 Å². The molecule has 3 aromatic rings. The van der Waals surface area contributed by atoms with E-state index in [2.05, 4.69) is 0 Å². The molecule has 0 N–H and O–H groups in total. The molecule has 0 saturated carbocycles. The van der Waals surface area contributed by atoms with E-state index in [0.717, 1.165) is 18.9 Å². The molecule has 3 aromatic carbocycles. The number of benzene rings is 3. The lowest BCUT2D eigenvalue weighted by molar-refractivity contribution is 0.0161. The van der Waals surface area contributed by atoms with Crippen molar-refractivity contribution in [3.8, 4) is 0 Å². The van der Waals surface area contributed by atoms with Crippen LogP contribution in [0, 0.1) is 5.82 Å². The molecule has 1 amide bonds. The first-order valence-corrected chi connectivity index (χ1v) is 13.1. The summed E-state index contributed by atoms with van der Waals surface area (Å²) >= 11 is 6.22. The number of anilines is 1. The van der Waals surface area contributed by atoms with E-state index in [1.54, 1.807) is 6.07 Å². The van der Waals surface area contributed by atoms with Crippen molar-refractivity contribution >= 4 is 39.0 Å². The van der Waals surface area contributed by atoms with Gasteiger partial charge in [0.25, 0.3) is 5.91 Å². The van der Waals surface area contributed by atoms with Gasteiger partial charge < -0.3 is 14.4 Å². The second kappa shape index (κ2) is 9.65. The number of fused-ring (bicyclic) bond motifs is 2. The third-order valence-electron chi connectivity index (χ3n) is 6.19. The molecule has 0 aliphatic carbocycles. The Hall–Kier alpha value is -3.27. The molecule has 2 aliphatic rings. The van der Waals surface area contributed by atoms with E-state index >= 15 is 0 Å². The SMILES string of the molecule is O=C(OCC1CCCO1)c1ccc2c(c1)N(Cc1ccc(F)cc1Cl)C(=O)c1ccccc1S2(=O)=O. The fraction of sp³-hybridized carbons (Fsp3) is 0.231. The summed E-state index contributed by atoms with van der Waals surface area (Å²) in [6, 6.07) is 13.6. The first-order valence-electron chi connectivity index (χ1n) is 11.3. The number of ether oxygens (including phenoxy) is 2. The van der Waals surface area contributed by atoms with E-state index in [-0.39, 0.29) is 50.9 Å². The predicted molar refractivity (Wildman–Crippen MR) is 130 cm³/mol. The molecule has 7 nitrogen and oxygen atoms in total. The van der Waals surface area contributed by atoms with Crippen molar-refractivity contribution in [1.29, 1.82) is 0 Å². The fourth-order valence-corrected chi connectivity index (χ4v) is 6.20. The molecule has 36 heavy (non-hydrogen) atoms. The van der Waals surface area contributed by atoms with Crippen LogP contribution in [-0.2, 0) is 25.9 Å². The van der Waals surface area contributed by atoms with Crippen LogP contribution < -0.4 is 4.90 Å². The zero-order chi connectivity index (χ0) is 25.4. The van der Waals surface area contributed by atoms with E-state index in [1.807, 2.05) is 0 Å². The molecule has 0 bridgehead atoms. The van der Waals surface area contributed by atoms with Crippen LogP contribution in [0.3, 0.4) is 0 Å². The van der Waals surface area contributed by atoms with Gasteiger partial charge in [0, 0.05) is 11.6 Å². The maximum absolute atomic E-state index is 13.7. The van der Waals surface area contributed by atoms with Gasteiger partial charge in [0.05, 0.1) is 39.3 Å². The third-order valence-corrected chi connectivity index (χ3v) is 8.41. The highest BCUT2D eigenvalue weighted by Gasteiger charge is 2.36. The van der Waals surface area contributed by atoms with E-state index < -0.39 is 27.5 Å². The smallest absolute Gasteiger partial charge is 0.338 e. The van der Waals surface area contributed by atoms with Gasteiger partial charge in [0.15, 0.2) is 0 Å². The van der Waals surface area contributed by atoms with Gasteiger partial charge in [-0.05, 0) is 60.9 Å². The largest absolute Gasteiger partial charge is 0.459 e. The summed E-state index contributed by atoms with van der Waals surface area (Å²) in [5.41, 5.74) is 0.467. The topological polar surface area (TPSA) is 90.0 Å². The van der Waals surface area contributed by atoms with Crippen LogP contribution in [0.4, 0.5) is 10.1 Å². The number of carbonyl (C=O) groups is 2. The molecule has 186 valence electrons. The molecule has 1 saturated heterocycles. The number of hydrogen-bond acceptors (Lipinski definition) is 6. The van der Waals surface area contributed by atoms with Gasteiger partial charge in [-0.1, -0.05) is 29.8 Å². The molecule has 1 fully saturated rings. The number of amides is 1. The van der Waals surface area contributed by atoms with Crippen molar-refractivity contribution in [3.63, 3.8) is 0 Å². The van der Waals surface area contributed by atoms with E-state index in [4.69, 9.17) is 21.1 Å². The van der Waals surface area contributed by atoms with Crippen molar-refractivity contribution in [3.05, 3.63) is 88.2 Å². The van der Waals surface area contributed by atoms with E-state index in [0.29, 0.717) is 12.2 Å². The van der Waals surface area contributed by atoms with Crippen LogP contribution in [0.15, 0.2) is 70.5 Å². The normalized spacial score (nSPS) is 18.3. The summed E-state index contributed by atoms with van der Waals surface area (Å²) in [5.74, 6) is -1.81. The molecule has 0 spiro atoms. The fourth-order valence-electron chi connectivity index (χ4n) is 4.34. The monoisotopic (exact) mass is 529 g/mol. The maximum Gasteiger partial charge on any atom is 0.338 e. The second-order valence-corrected chi connectivity index (χ2v) is 10.8. The molecular weight excluding hydrogens is 509 g/mol. The number of nitrogens with zero attached hydrogens (tertiary/aromatic N) is 1. The quantitative estimate of drug-likeness (QED) is 0.441. The highest BCUT2D eigenvalue weighted by atomic mass is 35.5. The number of halogens is 2. The molecule has 2 heterocycles. The Bertz CT molecular complexity index is 1470. The number of carbonyl (C=O) groups excluding carboxylic acids is 2. The Morgan fingerprint density at radius 1 is 1.11 bits per heavy atom. The van der Waals surface area contributed by atoms with Crippen LogP contribution in [-0.4, -0.2) is 39.6 Å². The van der Waals surface area contributed by atoms with E-state index in [9.17, 15) is 22.4 Å². The molecule has 2 aliphatic heterocycles. The first-order chi connectivity index (χ1) is 17.3. The summed E-state index contributed by atoms with van der Waals surface area (Å²) < 4.78 is 51.6. The Kier molecular flexibility index (Phi) is 6.55. The number of rotatable bonds is 5. The Balaban J connectivity index is 1.60. The van der Waals surface area contributed by atoms with Crippen LogP contribution in [0.5, 0.6) is 0 Å². The highest BCUT2D eigenvalue weighted by Crippen LogP contribution is 2.39. The predicted octanol–water partition coefficient (Wildman–Crippen LogP) is 4.81.